The first-order valence-corrected chi connectivity index (χ1v) is 8.98. The third kappa shape index (κ3) is 3.30. The fourth-order valence-corrected chi connectivity index (χ4v) is 3.62. The number of primary amides is 1. The summed E-state index contributed by atoms with van der Waals surface area (Å²) in [6.45, 7) is 5.23. The van der Waals surface area contributed by atoms with E-state index in [1.165, 1.54) is 6.07 Å². The van der Waals surface area contributed by atoms with E-state index in [2.05, 4.69) is 14.8 Å². The molecule has 1 amide bonds. The van der Waals surface area contributed by atoms with E-state index in [9.17, 15) is 9.18 Å². The molecule has 1 aliphatic heterocycles. The zero-order valence-electron chi connectivity index (χ0n) is 15.2. The molecule has 4 rings (SSSR count). The van der Waals surface area contributed by atoms with Crippen LogP contribution >= 0.6 is 0 Å². The Kier molecular flexibility index (Phi) is 4.39. The fraction of sp³-hybridized carbons (Fsp3) is 0.238. The Morgan fingerprint density at radius 2 is 1.70 bits per heavy atom. The van der Waals surface area contributed by atoms with Gasteiger partial charge in [-0.3, -0.25) is 4.79 Å². The summed E-state index contributed by atoms with van der Waals surface area (Å²) >= 11 is 0. The van der Waals surface area contributed by atoms with Crippen molar-refractivity contribution in [2.24, 2.45) is 5.73 Å². The molecule has 2 aromatic carbocycles. The monoisotopic (exact) mass is 364 g/mol. The normalized spacial score (nSPS) is 14.6. The number of carbonyl (C=O) groups is 1. The van der Waals surface area contributed by atoms with Gasteiger partial charge in [0.2, 0.25) is 5.91 Å². The van der Waals surface area contributed by atoms with Crippen LogP contribution in [0.5, 0.6) is 0 Å². The predicted molar refractivity (Wildman–Crippen MR) is 106 cm³/mol. The lowest BCUT2D eigenvalue weighted by Crippen LogP contribution is -2.46. The molecular formula is C21H21FN4O. The Balaban J connectivity index is 1.55. The molecule has 0 bridgehead atoms. The van der Waals surface area contributed by atoms with Crippen molar-refractivity contribution in [1.29, 1.82) is 0 Å². The molecule has 2 N–H and O–H groups in total. The number of nitrogens with zero attached hydrogens (tertiary/aromatic N) is 3. The van der Waals surface area contributed by atoms with Crippen LogP contribution in [0.2, 0.25) is 0 Å². The van der Waals surface area contributed by atoms with Crippen molar-refractivity contribution in [3.05, 3.63) is 65.6 Å². The van der Waals surface area contributed by atoms with E-state index in [1.54, 1.807) is 18.2 Å². The number of para-hydroxylation sites is 1. The number of nitrogens with two attached hydrogens (primary N) is 1. The molecule has 1 fully saturated rings. The summed E-state index contributed by atoms with van der Waals surface area (Å²) in [7, 11) is 0. The van der Waals surface area contributed by atoms with Gasteiger partial charge in [0.05, 0.1) is 0 Å². The van der Waals surface area contributed by atoms with Crippen LogP contribution in [0.1, 0.15) is 16.1 Å². The van der Waals surface area contributed by atoms with Crippen LogP contribution in [0.4, 0.5) is 15.8 Å². The molecule has 0 saturated carbocycles. The van der Waals surface area contributed by atoms with E-state index in [0.29, 0.717) is 11.1 Å². The maximum Gasteiger partial charge on any atom is 0.248 e. The van der Waals surface area contributed by atoms with Crippen molar-refractivity contribution >= 4 is 28.2 Å². The van der Waals surface area contributed by atoms with Gasteiger partial charge in [-0.05, 0) is 43.3 Å². The Bertz CT molecular complexity index is 995. The number of hydrogen-bond donors (Lipinski definition) is 1. The molecule has 138 valence electrons. The summed E-state index contributed by atoms with van der Waals surface area (Å²) in [5.41, 5.74) is 9.15. The van der Waals surface area contributed by atoms with E-state index in [0.717, 1.165) is 48.6 Å². The van der Waals surface area contributed by atoms with Crippen LogP contribution in [-0.2, 0) is 0 Å². The maximum atomic E-state index is 14.2. The number of aryl methyl sites for hydroxylation is 1. The van der Waals surface area contributed by atoms with Gasteiger partial charge < -0.3 is 15.5 Å². The number of amides is 1. The molecule has 3 aromatic rings. The SMILES string of the molecule is Cc1cc(N2CCN(c3ccc(C(N)=O)cc3)CC2)c2cccc(F)c2n1. The Labute approximate surface area is 157 Å². The average Bonchev–Trinajstić information content (AvgIpc) is 2.68. The van der Waals surface area contributed by atoms with Gasteiger partial charge in [0.1, 0.15) is 11.3 Å². The molecular weight excluding hydrogens is 343 g/mol. The van der Waals surface area contributed by atoms with E-state index in [1.807, 2.05) is 31.2 Å². The number of benzene rings is 2. The molecule has 0 spiro atoms. The van der Waals surface area contributed by atoms with Crippen LogP contribution in [0.25, 0.3) is 10.9 Å². The molecule has 0 radical (unpaired) electrons. The zero-order chi connectivity index (χ0) is 19.0. The number of piperazine rings is 1. The number of rotatable bonds is 3. The number of carbonyl (C=O) groups excluding carboxylic acids is 1. The molecule has 0 atom stereocenters. The molecule has 1 aliphatic rings. The van der Waals surface area contributed by atoms with Crippen molar-refractivity contribution in [3.8, 4) is 0 Å². The lowest BCUT2D eigenvalue weighted by atomic mass is 10.1. The largest absolute Gasteiger partial charge is 0.368 e. The molecule has 0 aliphatic carbocycles. The highest BCUT2D eigenvalue weighted by molar-refractivity contribution is 5.93. The first-order chi connectivity index (χ1) is 13.0. The van der Waals surface area contributed by atoms with Crippen LogP contribution in [0.3, 0.4) is 0 Å². The second-order valence-electron chi connectivity index (χ2n) is 6.80. The molecule has 27 heavy (non-hydrogen) atoms. The maximum absolute atomic E-state index is 14.2. The first-order valence-electron chi connectivity index (χ1n) is 8.98. The minimum absolute atomic E-state index is 0.286. The zero-order valence-corrected chi connectivity index (χ0v) is 15.2. The van der Waals surface area contributed by atoms with Crippen molar-refractivity contribution in [2.45, 2.75) is 6.92 Å². The van der Waals surface area contributed by atoms with Crippen molar-refractivity contribution in [1.82, 2.24) is 4.98 Å². The number of aromatic nitrogens is 1. The average molecular weight is 364 g/mol. The Hall–Kier alpha value is -3.15. The van der Waals surface area contributed by atoms with E-state index in [4.69, 9.17) is 5.73 Å². The van der Waals surface area contributed by atoms with E-state index >= 15 is 0 Å². The van der Waals surface area contributed by atoms with E-state index in [-0.39, 0.29) is 5.82 Å². The Morgan fingerprint density at radius 1 is 1.04 bits per heavy atom. The molecule has 1 saturated heterocycles. The van der Waals surface area contributed by atoms with Gasteiger partial charge >= 0.3 is 0 Å². The number of fused-ring (bicyclic) bond motifs is 1. The minimum Gasteiger partial charge on any atom is -0.368 e. The van der Waals surface area contributed by atoms with Crippen LogP contribution < -0.4 is 15.5 Å². The standard InChI is InChI=1S/C21H21FN4O/c1-14-13-19(17-3-2-4-18(22)20(17)24-14)26-11-9-25(10-12-26)16-7-5-15(6-8-16)21(23)27/h2-8,13H,9-12H2,1H3,(H2,23,27). The van der Waals surface area contributed by atoms with E-state index < -0.39 is 5.91 Å². The minimum atomic E-state index is -0.418. The summed E-state index contributed by atoms with van der Waals surface area (Å²) < 4.78 is 14.2. The van der Waals surface area contributed by atoms with Crippen molar-refractivity contribution in [3.63, 3.8) is 0 Å². The van der Waals surface area contributed by atoms with Crippen LogP contribution in [-0.4, -0.2) is 37.1 Å². The first kappa shape index (κ1) is 17.3. The topological polar surface area (TPSA) is 62.5 Å². The lowest BCUT2D eigenvalue weighted by Gasteiger charge is -2.38. The van der Waals surface area contributed by atoms with Gasteiger partial charge in [0.15, 0.2) is 0 Å². The molecule has 2 heterocycles. The van der Waals surface area contributed by atoms with Gasteiger partial charge in [0, 0.05) is 54.2 Å². The summed E-state index contributed by atoms with van der Waals surface area (Å²) in [4.78, 5) is 20.1. The van der Waals surface area contributed by atoms with Crippen molar-refractivity contribution in [2.75, 3.05) is 36.0 Å². The number of anilines is 2. The second-order valence-corrected chi connectivity index (χ2v) is 6.80. The third-order valence-corrected chi connectivity index (χ3v) is 5.03. The van der Waals surface area contributed by atoms with Gasteiger partial charge in [-0.25, -0.2) is 9.37 Å². The lowest BCUT2D eigenvalue weighted by molar-refractivity contribution is 0.100. The third-order valence-electron chi connectivity index (χ3n) is 5.03. The number of halogens is 1. The number of pyridine rings is 1. The fourth-order valence-electron chi connectivity index (χ4n) is 3.62. The summed E-state index contributed by atoms with van der Waals surface area (Å²) in [5.74, 6) is -0.704. The number of hydrogen-bond acceptors (Lipinski definition) is 4. The predicted octanol–water partition coefficient (Wildman–Crippen LogP) is 3.11. The van der Waals surface area contributed by atoms with Gasteiger partial charge in [-0.1, -0.05) is 12.1 Å². The molecule has 1 aromatic heterocycles. The highest BCUT2D eigenvalue weighted by Crippen LogP contribution is 2.29. The second kappa shape index (κ2) is 6.87. The van der Waals surface area contributed by atoms with Gasteiger partial charge in [-0.15, -0.1) is 0 Å². The van der Waals surface area contributed by atoms with Crippen LogP contribution in [0, 0.1) is 12.7 Å². The van der Waals surface area contributed by atoms with Crippen LogP contribution in [0.15, 0.2) is 48.5 Å². The molecule has 5 nitrogen and oxygen atoms in total. The summed E-state index contributed by atoms with van der Waals surface area (Å²) in [6, 6.07) is 14.5. The van der Waals surface area contributed by atoms with Gasteiger partial charge in [0.25, 0.3) is 0 Å². The Morgan fingerprint density at radius 3 is 2.37 bits per heavy atom. The molecule has 0 unspecified atom stereocenters. The molecule has 6 heteroatoms. The quantitative estimate of drug-likeness (QED) is 0.776. The summed E-state index contributed by atoms with van der Waals surface area (Å²) in [6.07, 6.45) is 0. The summed E-state index contributed by atoms with van der Waals surface area (Å²) in [5, 5.41) is 0.847. The smallest absolute Gasteiger partial charge is 0.248 e. The van der Waals surface area contributed by atoms with Gasteiger partial charge in [-0.2, -0.15) is 0 Å². The highest BCUT2D eigenvalue weighted by Gasteiger charge is 2.20. The highest BCUT2D eigenvalue weighted by atomic mass is 19.1. The van der Waals surface area contributed by atoms with Crippen molar-refractivity contribution < 1.29 is 9.18 Å².